The van der Waals surface area contributed by atoms with Gasteiger partial charge in [0.15, 0.2) is 0 Å². The van der Waals surface area contributed by atoms with Gasteiger partial charge in [-0.1, -0.05) is 23.7 Å². The van der Waals surface area contributed by atoms with Crippen molar-refractivity contribution in [1.29, 1.82) is 5.26 Å². The summed E-state index contributed by atoms with van der Waals surface area (Å²) >= 11 is 5.89. The van der Waals surface area contributed by atoms with E-state index in [-0.39, 0.29) is 0 Å². The van der Waals surface area contributed by atoms with Gasteiger partial charge in [-0.2, -0.15) is 5.26 Å². The van der Waals surface area contributed by atoms with Crippen LogP contribution in [0.4, 0.5) is 5.69 Å². The molecule has 2 aromatic rings. The first-order valence-corrected chi connectivity index (χ1v) is 7.37. The standard InChI is InChI=1S/C16H18ClN3O2/c1-2-21-7-8-22-16-15(19)9-14(10-18)20(16)11-12-3-5-13(17)6-4-12/h3-6,9H,2,7-8,11,19H2,1H3. The minimum Gasteiger partial charge on any atom is -0.475 e. The van der Waals surface area contributed by atoms with Crippen LogP contribution >= 0.6 is 11.6 Å². The molecule has 0 aliphatic carbocycles. The second-order valence-electron chi connectivity index (χ2n) is 4.66. The molecular weight excluding hydrogens is 302 g/mol. The number of anilines is 1. The van der Waals surface area contributed by atoms with Crippen molar-refractivity contribution in [3.05, 3.63) is 46.6 Å². The molecule has 0 atom stereocenters. The van der Waals surface area contributed by atoms with Crippen LogP contribution in [0.3, 0.4) is 0 Å². The fourth-order valence-corrected chi connectivity index (χ4v) is 2.20. The minimum absolute atomic E-state index is 0.382. The maximum atomic E-state index is 9.26. The quantitative estimate of drug-likeness (QED) is 0.796. The van der Waals surface area contributed by atoms with E-state index in [0.29, 0.717) is 48.6 Å². The number of nitrogen functional groups attached to an aromatic ring is 1. The van der Waals surface area contributed by atoms with Gasteiger partial charge in [0.25, 0.3) is 0 Å². The Morgan fingerprint density at radius 2 is 2.00 bits per heavy atom. The molecule has 5 nitrogen and oxygen atoms in total. The van der Waals surface area contributed by atoms with Crippen molar-refractivity contribution >= 4 is 17.3 Å². The van der Waals surface area contributed by atoms with E-state index < -0.39 is 0 Å². The molecule has 0 radical (unpaired) electrons. The number of benzene rings is 1. The van der Waals surface area contributed by atoms with Gasteiger partial charge in [-0.25, -0.2) is 0 Å². The molecule has 2 N–H and O–H groups in total. The molecule has 0 bridgehead atoms. The molecule has 0 unspecified atom stereocenters. The van der Waals surface area contributed by atoms with E-state index in [1.165, 1.54) is 0 Å². The average molecular weight is 320 g/mol. The summed E-state index contributed by atoms with van der Waals surface area (Å²) in [5, 5.41) is 9.93. The van der Waals surface area contributed by atoms with Crippen LogP contribution in [0.5, 0.6) is 5.88 Å². The van der Waals surface area contributed by atoms with Crippen molar-refractivity contribution in [1.82, 2.24) is 4.57 Å². The molecule has 0 saturated carbocycles. The highest BCUT2D eigenvalue weighted by Gasteiger charge is 2.15. The van der Waals surface area contributed by atoms with Crippen LogP contribution in [0.2, 0.25) is 5.02 Å². The molecule has 116 valence electrons. The zero-order chi connectivity index (χ0) is 15.9. The largest absolute Gasteiger partial charge is 0.475 e. The minimum atomic E-state index is 0.382. The number of hydrogen-bond donors (Lipinski definition) is 1. The first kappa shape index (κ1) is 16.2. The molecule has 0 spiro atoms. The van der Waals surface area contributed by atoms with Gasteiger partial charge in [0, 0.05) is 17.7 Å². The molecule has 0 fully saturated rings. The Kier molecular flexibility index (Phi) is 5.70. The predicted molar refractivity (Wildman–Crippen MR) is 86.1 cm³/mol. The van der Waals surface area contributed by atoms with Crippen molar-refractivity contribution in [2.45, 2.75) is 13.5 Å². The van der Waals surface area contributed by atoms with E-state index in [1.807, 2.05) is 31.2 Å². The van der Waals surface area contributed by atoms with E-state index in [4.69, 9.17) is 26.8 Å². The van der Waals surface area contributed by atoms with Gasteiger partial charge < -0.3 is 15.2 Å². The average Bonchev–Trinajstić information content (AvgIpc) is 2.82. The summed E-state index contributed by atoms with van der Waals surface area (Å²) in [4.78, 5) is 0. The number of ether oxygens (including phenoxy) is 2. The van der Waals surface area contributed by atoms with E-state index in [9.17, 15) is 5.26 Å². The van der Waals surface area contributed by atoms with Crippen molar-refractivity contribution in [3.63, 3.8) is 0 Å². The molecule has 2 rings (SSSR count). The summed E-state index contributed by atoms with van der Waals surface area (Å²) in [6.07, 6.45) is 0. The van der Waals surface area contributed by atoms with Gasteiger partial charge in [0.1, 0.15) is 18.4 Å². The van der Waals surface area contributed by atoms with Gasteiger partial charge in [-0.3, -0.25) is 4.57 Å². The smallest absolute Gasteiger partial charge is 0.218 e. The number of aromatic nitrogens is 1. The van der Waals surface area contributed by atoms with E-state index in [1.54, 1.807) is 10.6 Å². The Hall–Kier alpha value is -2.16. The van der Waals surface area contributed by atoms with Gasteiger partial charge in [0.2, 0.25) is 5.88 Å². The van der Waals surface area contributed by atoms with Crippen LogP contribution in [-0.4, -0.2) is 24.4 Å². The first-order valence-electron chi connectivity index (χ1n) is 6.99. The zero-order valence-electron chi connectivity index (χ0n) is 12.4. The van der Waals surface area contributed by atoms with Gasteiger partial charge in [-0.15, -0.1) is 0 Å². The highest BCUT2D eigenvalue weighted by Crippen LogP contribution is 2.27. The van der Waals surface area contributed by atoms with Crippen LogP contribution in [0.25, 0.3) is 0 Å². The normalized spacial score (nSPS) is 10.4. The summed E-state index contributed by atoms with van der Waals surface area (Å²) < 4.78 is 12.7. The second kappa shape index (κ2) is 7.74. The second-order valence-corrected chi connectivity index (χ2v) is 5.10. The molecule has 1 aromatic carbocycles. The number of hydrogen-bond acceptors (Lipinski definition) is 4. The third-order valence-electron chi connectivity index (χ3n) is 3.11. The molecule has 1 aromatic heterocycles. The predicted octanol–water partition coefficient (Wildman–Crippen LogP) is 3.06. The van der Waals surface area contributed by atoms with Gasteiger partial charge in [0.05, 0.1) is 18.8 Å². The fourth-order valence-electron chi connectivity index (χ4n) is 2.08. The molecule has 22 heavy (non-hydrogen) atoms. The summed E-state index contributed by atoms with van der Waals surface area (Å²) in [6, 6.07) is 11.2. The fraction of sp³-hybridized carbons (Fsp3) is 0.312. The zero-order valence-corrected chi connectivity index (χ0v) is 13.1. The van der Waals surface area contributed by atoms with Crippen LogP contribution in [0.1, 0.15) is 18.2 Å². The first-order chi connectivity index (χ1) is 10.7. The number of halogens is 1. The molecule has 0 aliphatic rings. The lowest BCUT2D eigenvalue weighted by molar-refractivity contribution is 0.107. The van der Waals surface area contributed by atoms with Crippen LogP contribution in [0.15, 0.2) is 30.3 Å². The Balaban J connectivity index is 2.20. The van der Waals surface area contributed by atoms with Gasteiger partial charge in [-0.05, 0) is 24.6 Å². The number of nitrogens with two attached hydrogens (primary N) is 1. The van der Waals surface area contributed by atoms with E-state index in [0.717, 1.165) is 5.56 Å². The molecular formula is C16H18ClN3O2. The molecule has 0 saturated heterocycles. The lowest BCUT2D eigenvalue weighted by atomic mass is 10.2. The van der Waals surface area contributed by atoms with Crippen molar-refractivity contribution < 1.29 is 9.47 Å². The summed E-state index contributed by atoms with van der Waals surface area (Å²) in [5.74, 6) is 0.492. The molecule has 1 heterocycles. The Morgan fingerprint density at radius 3 is 2.64 bits per heavy atom. The van der Waals surface area contributed by atoms with Gasteiger partial charge >= 0.3 is 0 Å². The SMILES string of the molecule is CCOCCOc1c(N)cc(C#N)n1Cc1ccc(Cl)cc1. The van der Waals surface area contributed by atoms with E-state index in [2.05, 4.69) is 6.07 Å². The highest BCUT2D eigenvalue weighted by molar-refractivity contribution is 6.30. The third-order valence-corrected chi connectivity index (χ3v) is 3.37. The third kappa shape index (κ3) is 3.94. The molecule has 0 aliphatic heterocycles. The van der Waals surface area contributed by atoms with Crippen molar-refractivity contribution in [2.24, 2.45) is 0 Å². The van der Waals surface area contributed by atoms with Crippen LogP contribution in [0, 0.1) is 11.3 Å². The topological polar surface area (TPSA) is 73.2 Å². The molecule has 6 heteroatoms. The lowest BCUT2D eigenvalue weighted by Crippen LogP contribution is -2.12. The summed E-state index contributed by atoms with van der Waals surface area (Å²) in [7, 11) is 0. The Morgan fingerprint density at radius 1 is 1.27 bits per heavy atom. The maximum Gasteiger partial charge on any atom is 0.218 e. The van der Waals surface area contributed by atoms with Crippen molar-refractivity contribution in [2.75, 3.05) is 25.6 Å². The summed E-state index contributed by atoms with van der Waals surface area (Å²) in [5.41, 5.74) is 7.86. The van der Waals surface area contributed by atoms with Crippen LogP contribution in [-0.2, 0) is 11.3 Å². The highest BCUT2D eigenvalue weighted by atomic mass is 35.5. The van der Waals surface area contributed by atoms with E-state index >= 15 is 0 Å². The Labute approximate surface area is 134 Å². The van der Waals surface area contributed by atoms with Crippen molar-refractivity contribution in [3.8, 4) is 11.9 Å². The number of rotatable bonds is 7. The van der Waals surface area contributed by atoms with Crippen LogP contribution < -0.4 is 10.5 Å². The Bertz CT molecular complexity index is 659. The number of nitriles is 1. The summed E-state index contributed by atoms with van der Waals surface area (Å²) in [6.45, 7) is 3.90. The maximum absolute atomic E-state index is 9.26. The number of nitrogens with zero attached hydrogens (tertiary/aromatic N) is 2. The molecule has 0 amide bonds. The monoisotopic (exact) mass is 319 g/mol. The lowest BCUT2D eigenvalue weighted by Gasteiger charge is -2.13.